The van der Waals surface area contributed by atoms with Crippen molar-refractivity contribution in [2.45, 2.75) is 58.3 Å². The van der Waals surface area contributed by atoms with Crippen LogP contribution in [0.25, 0.3) is 0 Å². The quantitative estimate of drug-likeness (QED) is 0.113. The Kier molecular flexibility index (Phi) is 10.6. The number of aromatic nitrogens is 3. The molecule has 1 aromatic heterocycles. The molecule has 0 fully saturated rings. The minimum atomic E-state index is -0.586. The van der Waals surface area contributed by atoms with Gasteiger partial charge in [0.2, 0.25) is 11.1 Å². The molecule has 8 nitrogen and oxygen atoms in total. The van der Waals surface area contributed by atoms with Gasteiger partial charge in [0.15, 0.2) is 11.5 Å². The number of unbranched alkanes of at least 4 members (excludes halogenated alkanes) is 1. The third-order valence-electron chi connectivity index (χ3n) is 7.06. The van der Waals surface area contributed by atoms with Crippen LogP contribution in [0.3, 0.4) is 0 Å². The molecule has 44 heavy (non-hydrogen) atoms. The number of aryl methyl sites for hydroxylation is 1. The molecule has 1 unspecified atom stereocenters. The Hall–Kier alpha value is -3.47. The number of halogens is 2. The second-order valence-electron chi connectivity index (χ2n) is 10.4. The number of thioether (sulfide) groups is 1. The number of carbonyl (C=O) groups is 1. The van der Waals surface area contributed by atoms with Crippen LogP contribution in [-0.2, 0) is 11.4 Å². The Bertz CT molecular complexity index is 1690. The highest BCUT2D eigenvalue weighted by Crippen LogP contribution is 2.44. The van der Waals surface area contributed by atoms with Crippen LogP contribution < -0.4 is 20.1 Å². The van der Waals surface area contributed by atoms with Gasteiger partial charge in [0, 0.05) is 27.7 Å². The van der Waals surface area contributed by atoms with E-state index in [1.807, 2.05) is 81.4 Å². The van der Waals surface area contributed by atoms with Gasteiger partial charge in [-0.1, -0.05) is 67.0 Å². The molecule has 3 aromatic carbocycles. The van der Waals surface area contributed by atoms with Crippen LogP contribution >= 0.6 is 39.3 Å². The smallest absolute Gasteiger partial charge is 0.255 e. The van der Waals surface area contributed by atoms with Gasteiger partial charge in [0.1, 0.15) is 12.6 Å². The fourth-order valence-electron chi connectivity index (χ4n) is 4.94. The highest BCUT2D eigenvalue weighted by atomic mass is 79.9. The van der Waals surface area contributed by atoms with E-state index in [0.29, 0.717) is 55.7 Å². The van der Waals surface area contributed by atoms with Gasteiger partial charge >= 0.3 is 0 Å². The van der Waals surface area contributed by atoms with Crippen LogP contribution in [0.15, 0.2) is 81.6 Å². The molecule has 4 aromatic rings. The number of fused-ring (bicyclic) bond motifs is 1. The predicted octanol–water partition coefficient (Wildman–Crippen LogP) is 8.80. The Balaban J connectivity index is 1.56. The zero-order valence-electron chi connectivity index (χ0n) is 25.1. The monoisotopic (exact) mass is 695 g/mol. The molecule has 5 rings (SSSR count). The predicted molar refractivity (Wildman–Crippen MR) is 181 cm³/mol. The minimum Gasteiger partial charge on any atom is -0.490 e. The van der Waals surface area contributed by atoms with Crippen LogP contribution in [0.1, 0.15) is 56.3 Å². The van der Waals surface area contributed by atoms with E-state index in [9.17, 15) is 4.79 Å². The van der Waals surface area contributed by atoms with Crippen molar-refractivity contribution in [2.24, 2.45) is 0 Å². The zero-order chi connectivity index (χ0) is 31.2. The third kappa shape index (κ3) is 7.25. The molecule has 11 heteroatoms. The maximum Gasteiger partial charge on any atom is 0.255 e. The lowest BCUT2D eigenvalue weighted by Gasteiger charge is -2.29. The molecule has 0 saturated heterocycles. The van der Waals surface area contributed by atoms with E-state index in [2.05, 4.69) is 33.5 Å². The van der Waals surface area contributed by atoms with Crippen molar-refractivity contribution in [1.29, 1.82) is 0 Å². The number of rotatable bonds is 12. The molecule has 230 valence electrons. The van der Waals surface area contributed by atoms with Crippen LogP contribution in [-0.4, -0.2) is 33.0 Å². The van der Waals surface area contributed by atoms with Crippen molar-refractivity contribution in [3.05, 3.63) is 98.1 Å². The Morgan fingerprint density at radius 2 is 1.93 bits per heavy atom. The summed E-state index contributed by atoms with van der Waals surface area (Å²) in [6.45, 7) is 8.65. The Morgan fingerprint density at radius 1 is 1.11 bits per heavy atom. The molecule has 2 N–H and O–H groups in total. The van der Waals surface area contributed by atoms with Crippen molar-refractivity contribution in [3.63, 3.8) is 0 Å². The van der Waals surface area contributed by atoms with E-state index in [-0.39, 0.29) is 12.5 Å². The summed E-state index contributed by atoms with van der Waals surface area (Å²) in [7, 11) is 0. The molecule has 0 saturated carbocycles. The first kappa shape index (κ1) is 31.9. The molecule has 1 atom stereocenters. The SMILES string of the molecule is CCCCSc1nc2n(n1)C(c1cc(Br)c(OCc3ccccc3Cl)c(OCC)c1)C(C(=O)Nc1cccc(C)c1)=C(C)N2. The number of hydrogen-bond donors (Lipinski definition) is 2. The summed E-state index contributed by atoms with van der Waals surface area (Å²) in [5.41, 5.74) is 4.63. The summed E-state index contributed by atoms with van der Waals surface area (Å²) in [6.07, 6.45) is 2.15. The van der Waals surface area contributed by atoms with E-state index in [1.165, 1.54) is 0 Å². The lowest BCUT2D eigenvalue weighted by Crippen LogP contribution is -2.31. The molecule has 0 bridgehead atoms. The molecule has 1 aliphatic rings. The summed E-state index contributed by atoms with van der Waals surface area (Å²) in [4.78, 5) is 18.8. The van der Waals surface area contributed by atoms with E-state index < -0.39 is 6.04 Å². The van der Waals surface area contributed by atoms with Crippen molar-refractivity contribution in [3.8, 4) is 11.5 Å². The molecule has 0 radical (unpaired) electrons. The maximum absolute atomic E-state index is 14.0. The molecular formula is C33H35BrClN5O3S. The second-order valence-corrected chi connectivity index (χ2v) is 12.7. The number of nitrogens with zero attached hydrogens (tertiary/aromatic N) is 3. The number of anilines is 2. The normalized spacial score (nSPS) is 14.2. The fraction of sp³-hybridized carbons (Fsp3) is 0.303. The highest BCUT2D eigenvalue weighted by molar-refractivity contribution is 9.10. The molecule has 1 aliphatic heterocycles. The van der Waals surface area contributed by atoms with Gasteiger partial charge in [-0.2, -0.15) is 4.98 Å². The molecule has 0 aliphatic carbocycles. The van der Waals surface area contributed by atoms with Crippen LogP contribution in [0.5, 0.6) is 11.5 Å². The first-order chi connectivity index (χ1) is 21.3. The van der Waals surface area contributed by atoms with Gasteiger partial charge in [-0.25, -0.2) is 4.68 Å². The fourth-order valence-corrected chi connectivity index (χ4v) is 6.61. The van der Waals surface area contributed by atoms with Crippen LogP contribution in [0.2, 0.25) is 5.02 Å². The number of carbonyl (C=O) groups excluding carboxylic acids is 1. The largest absolute Gasteiger partial charge is 0.490 e. The molecule has 0 spiro atoms. The van der Waals surface area contributed by atoms with Crippen molar-refractivity contribution >= 4 is 56.8 Å². The number of allylic oxidation sites excluding steroid dienone is 1. The summed E-state index contributed by atoms with van der Waals surface area (Å²) >= 11 is 11.7. The average Bonchev–Trinajstić information content (AvgIpc) is 3.39. The molecule has 1 amide bonds. The van der Waals surface area contributed by atoms with Crippen molar-refractivity contribution in [2.75, 3.05) is 23.0 Å². The molecule has 2 heterocycles. The first-order valence-corrected chi connectivity index (χ1v) is 16.7. The lowest BCUT2D eigenvalue weighted by atomic mass is 9.94. The van der Waals surface area contributed by atoms with Crippen LogP contribution in [0.4, 0.5) is 11.6 Å². The number of nitrogens with one attached hydrogen (secondary N) is 2. The van der Waals surface area contributed by atoms with Crippen LogP contribution in [0, 0.1) is 6.92 Å². The summed E-state index contributed by atoms with van der Waals surface area (Å²) in [5.74, 6) is 2.34. The van der Waals surface area contributed by atoms with Gasteiger partial charge < -0.3 is 20.1 Å². The van der Waals surface area contributed by atoms with Crippen molar-refractivity contribution in [1.82, 2.24) is 14.8 Å². The highest BCUT2D eigenvalue weighted by Gasteiger charge is 2.35. The number of ether oxygens (including phenoxy) is 2. The first-order valence-electron chi connectivity index (χ1n) is 14.6. The number of hydrogen-bond acceptors (Lipinski definition) is 7. The second kappa shape index (κ2) is 14.5. The zero-order valence-corrected chi connectivity index (χ0v) is 28.3. The summed E-state index contributed by atoms with van der Waals surface area (Å²) in [6, 6.07) is 18.6. The lowest BCUT2D eigenvalue weighted by molar-refractivity contribution is -0.113. The maximum atomic E-state index is 14.0. The standard InChI is InChI=1S/C33H35BrClN5O3S/c1-5-7-15-44-33-38-32-36-21(4)28(31(41)37-24-13-10-11-20(3)16-24)29(40(32)39-33)23-17-25(34)30(27(18-23)42-6-2)43-19-22-12-8-9-14-26(22)35/h8-14,16-18,29H,5-7,15,19H2,1-4H3,(H,37,41)(H,36,38,39). The van der Waals surface area contributed by atoms with Gasteiger partial charge in [-0.05, 0) is 84.6 Å². The van der Waals surface area contributed by atoms with E-state index in [0.717, 1.165) is 35.3 Å². The van der Waals surface area contributed by atoms with E-state index in [1.54, 1.807) is 16.4 Å². The minimum absolute atomic E-state index is 0.236. The number of amides is 1. The van der Waals surface area contributed by atoms with E-state index >= 15 is 0 Å². The van der Waals surface area contributed by atoms with Gasteiger partial charge in [-0.3, -0.25) is 4.79 Å². The van der Waals surface area contributed by atoms with Gasteiger partial charge in [-0.15, -0.1) is 5.10 Å². The van der Waals surface area contributed by atoms with Gasteiger partial charge in [0.05, 0.1) is 16.7 Å². The van der Waals surface area contributed by atoms with E-state index in [4.69, 9.17) is 31.2 Å². The average molecular weight is 697 g/mol. The topological polar surface area (TPSA) is 90.3 Å². The third-order valence-corrected chi connectivity index (χ3v) is 8.94. The Morgan fingerprint density at radius 3 is 2.68 bits per heavy atom. The molecular weight excluding hydrogens is 662 g/mol. The summed E-state index contributed by atoms with van der Waals surface area (Å²) < 4.78 is 14.8. The number of benzene rings is 3. The Labute approximate surface area is 275 Å². The van der Waals surface area contributed by atoms with Crippen molar-refractivity contribution < 1.29 is 14.3 Å². The summed E-state index contributed by atoms with van der Waals surface area (Å²) in [5, 5.41) is 12.6. The van der Waals surface area contributed by atoms with Gasteiger partial charge in [0.25, 0.3) is 5.91 Å².